The number of nitrogens with zero attached hydrogens (tertiary/aromatic N) is 2. The molecule has 0 aromatic heterocycles. The summed E-state index contributed by atoms with van der Waals surface area (Å²) in [5, 5.41) is 44.8. The molecule has 0 aliphatic carbocycles. The molecule has 7 amide bonds. The van der Waals surface area contributed by atoms with Gasteiger partial charge < -0.3 is 75.1 Å². The van der Waals surface area contributed by atoms with Gasteiger partial charge in [-0.15, -0.1) is 0 Å². The Morgan fingerprint density at radius 1 is 0.708 bits per heavy atom. The second-order valence-corrected chi connectivity index (χ2v) is 18.2. The fourth-order valence-electron chi connectivity index (χ4n) is 7.92. The Balaban J connectivity index is 1.87. The first-order valence-electron chi connectivity index (χ1n) is 24.0. The SMILES string of the molecule is CC[C@H](C)[C@H](NC(=O)[C@H](Cc1ccc(O)cc1)NC(=O)[C@@H](NC(=O)[C@H](CCCN=C(N)N)NC(=O)[C@@H](N)CC(=O)O)C(C)C)C(=O)N[C@@H](CCN)C(=O)N1CCC[C@H]1C(=O)N[C@@H](Cc1ccccc1)C(=O)O. The zero-order chi connectivity index (χ0) is 53.7. The van der Waals surface area contributed by atoms with Crippen molar-refractivity contribution < 1.29 is 58.5 Å². The third-order valence-corrected chi connectivity index (χ3v) is 12.2. The molecule has 1 aliphatic rings. The first kappa shape index (κ1) is 59.0. The number of aliphatic imine (C=N–C) groups is 1. The largest absolute Gasteiger partial charge is 0.508 e. The van der Waals surface area contributed by atoms with Crippen molar-refractivity contribution in [3.63, 3.8) is 0 Å². The summed E-state index contributed by atoms with van der Waals surface area (Å²) >= 11 is 0. The average Bonchev–Trinajstić information content (AvgIpc) is 3.83. The Labute approximate surface area is 418 Å². The molecule has 0 radical (unpaired) electrons. The molecular formula is C48H72N12O12. The first-order valence-corrected chi connectivity index (χ1v) is 24.0. The Hall–Kier alpha value is -7.34. The molecule has 1 fully saturated rings. The molecule has 0 bridgehead atoms. The summed E-state index contributed by atoms with van der Waals surface area (Å²) in [4.78, 5) is 126. The highest BCUT2D eigenvalue weighted by Crippen LogP contribution is 2.21. The second-order valence-electron chi connectivity index (χ2n) is 18.2. The molecule has 0 unspecified atom stereocenters. The van der Waals surface area contributed by atoms with Gasteiger partial charge in [-0.05, 0) is 73.7 Å². The fourth-order valence-corrected chi connectivity index (χ4v) is 7.92. The number of hydrogen-bond donors (Lipinski definition) is 13. The highest BCUT2D eigenvalue weighted by atomic mass is 16.4. The van der Waals surface area contributed by atoms with Crippen molar-refractivity contribution in [1.29, 1.82) is 0 Å². The Morgan fingerprint density at radius 2 is 1.28 bits per heavy atom. The number of nitrogens with two attached hydrogens (primary N) is 4. The van der Waals surface area contributed by atoms with Gasteiger partial charge in [0.15, 0.2) is 5.96 Å². The zero-order valence-electron chi connectivity index (χ0n) is 41.2. The van der Waals surface area contributed by atoms with Crippen LogP contribution in [0.4, 0.5) is 0 Å². The fraction of sp³-hybridized carbons (Fsp3) is 0.542. The van der Waals surface area contributed by atoms with Crippen LogP contribution in [-0.4, -0.2) is 147 Å². The predicted molar refractivity (Wildman–Crippen MR) is 264 cm³/mol. The molecule has 17 N–H and O–H groups in total. The van der Waals surface area contributed by atoms with Crippen molar-refractivity contribution in [2.75, 3.05) is 19.6 Å². The number of carbonyl (C=O) groups excluding carboxylic acids is 7. The van der Waals surface area contributed by atoms with Gasteiger partial charge in [-0.3, -0.25) is 43.3 Å². The second kappa shape index (κ2) is 29.1. The lowest BCUT2D eigenvalue weighted by molar-refractivity contribution is -0.145. The van der Waals surface area contributed by atoms with E-state index >= 15 is 0 Å². The lowest BCUT2D eigenvalue weighted by Crippen LogP contribution is -2.62. The number of nitrogens with one attached hydrogen (secondary N) is 6. The van der Waals surface area contributed by atoms with E-state index in [0.717, 1.165) is 0 Å². The number of carbonyl (C=O) groups is 9. The summed E-state index contributed by atoms with van der Waals surface area (Å²) in [7, 11) is 0. The van der Waals surface area contributed by atoms with E-state index in [1.54, 1.807) is 58.0 Å². The van der Waals surface area contributed by atoms with Gasteiger partial charge in [0.25, 0.3) is 0 Å². The maximum atomic E-state index is 14.4. The molecule has 2 aromatic rings. The number of aliphatic carboxylic acids is 2. The maximum Gasteiger partial charge on any atom is 0.326 e. The summed E-state index contributed by atoms with van der Waals surface area (Å²) in [6.45, 7) is 6.85. The molecule has 9 atom stereocenters. The van der Waals surface area contributed by atoms with Gasteiger partial charge >= 0.3 is 11.9 Å². The standard InChI is InChI=1S/C48H72N12O12/c1-5-27(4)39(45(69)55-33(19-20-49)46(70)60-22-10-14-36(60)43(67)57-35(47(71)72)24-28-11-7-6-8-12-28)59-42(66)34(23-29-15-17-30(61)18-16-29)56-44(68)38(26(2)3)58-41(65)32(13-9-21-53-48(51)52)54-40(64)31(50)25-37(62)63/h6-8,11-12,15-18,26-27,31-36,38-39,61H,5,9-10,13-14,19-25,49-50H2,1-4H3,(H,54,64)(H,55,69)(H,56,68)(H,57,67)(H,58,65)(H,59,66)(H,62,63)(H,71,72)(H4,51,52,53)/t27-,31-,32-,33-,34-,35-,36-,38-,39-/m0/s1. The molecular weight excluding hydrogens is 937 g/mol. The molecule has 396 valence electrons. The first-order chi connectivity index (χ1) is 34.1. The summed E-state index contributed by atoms with van der Waals surface area (Å²) in [6, 6.07) is 4.09. The van der Waals surface area contributed by atoms with Crippen molar-refractivity contribution in [1.82, 2.24) is 36.8 Å². The number of aromatic hydroxyl groups is 1. The number of amides is 7. The van der Waals surface area contributed by atoms with Crippen molar-refractivity contribution in [2.24, 2.45) is 39.8 Å². The van der Waals surface area contributed by atoms with Gasteiger partial charge in [-0.1, -0.05) is 76.6 Å². The molecule has 0 saturated carbocycles. The lowest BCUT2D eigenvalue weighted by atomic mass is 9.96. The lowest BCUT2D eigenvalue weighted by Gasteiger charge is -2.32. The molecule has 3 rings (SSSR count). The Bertz CT molecular complexity index is 2210. The molecule has 0 spiro atoms. The van der Waals surface area contributed by atoms with Crippen LogP contribution in [0.5, 0.6) is 5.75 Å². The van der Waals surface area contributed by atoms with Gasteiger partial charge in [-0.2, -0.15) is 0 Å². The Morgan fingerprint density at radius 3 is 1.86 bits per heavy atom. The highest BCUT2D eigenvalue weighted by Gasteiger charge is 2.40. The van der Waals surface area contributed by atoms with Crippen LogP contribution >= 0.6 is 0 Å². The molecule has 1 heterocycles. The van der Waals surface area contributed by atoms with E-state index in [0.29, 0.717) is 24.0 Å². The van der Waals surface area contributed by atoms with E-state index in [9.17, 15) is 53.4 Å². The number of carboxylic acids is 2. The van der Waals surface area contributed by atoms with Gasteiger partial charge in [0.1, 0.15) is 48.0 Å². The van der Waals surface area contributed by atoms with Crippen molar-refractivity contribution in [2.45, 2.75) is 134 Å². The van der Waals surface area contributed by atoms with Crippen molar-refractivity contribution in [3.05, 3.63) is 65.7 Å². The number of rotatable bonds is 29. The van der Waals surface area contributed by atoms with Gasteiger partial charge in [0.05, 0.1) is 12.5 Å². The highest BCUT2D eigenvalue weighted by molar-refractivity contribution is 5.98. The van der Waals surface area contributed by atoms with Crippen molar-refractivity contribution in [3.8, 4) is 5.75 Å². The van der Waals surface area contributed by atoms with E-state index in [-0.39, 0.29) is 69.9 Å². The summed E-state index contributed by atoms with van der Waals surface area (Å²) < 4.78 is 0. The zero-order valence-corrected chi connectivity index (χ0v) is 41.2. The number of likely N-dealkylation sites (tertiary alicyclic amines) is 1. The minimum atomic E-state index is -1.51. The van der Waals surface area contributed by atoms with E-state index < -0.39 is 120 Å². The van der Waals surface area contributed by atoms with Crippen LogP contribution in [0.3, 0.4) is 0 Å². The monoisotopic (exact) mass is 1010 g/mol. The number of benzene rings is 2. The molecule has 24 heteroatoms. The minimum absolute atomic E-state index is 0.00518. The summed E-state index contributed by atoms with van der Waals surface area (Å²) in [6.07, 6.45) is 0.186. The van der Waals surface area contributed by atoms with Crippen molar-refractivity contribution >= 4 is 59.2 Å². The number of carboxylic acid groups (broad SMARTS) is 2. The minimum Gasteiger partial charge on any atom is -0.508 e. The van der Waals surface area contributed by atoms with Crippen LogP contribution in [0.25, 0.3) is 0 Å². The van der Waals surface area contributed by atoms with E-state index in [2.05, 4.69) is 36.9 Å². The summed E-state index contributed by atoms with van der Waals surface area (Å²) in [5.74, 6) is -9.57. The number of hydrogen-bond acceptors (Lipinski definition) is 13. The quantitative estimate of drug-likeness (QED) is 0.0240. The summed E-state index contributed by atoms with van der Waals surface area (Å²) in [5.41, 5.74) is 23.7. The van der Waals surface area contributed by atoms with Crippen LogP contribution in [0.2, 0.25) is 0 Å². The number of phenols is 1. The van der Waals surface area contributed by atoms with Crippen LogP contribution < -0.4 is 54.8 Å². The van der Waals surface area contributed by atoms with Crippen LogP contribution in [0.1, 0.15) is 83.8 Å². The smallest absolute Gasteiger partial charge is 0.326 e. The maximum absolute atomic E-state index is 14.4. The van der Waals surface area contributed by atoms with Crippen LogP contribution in [0.15, 0.2) is 59.6 Å². The molecule has 2 aromatic carbocycles. The predicted octanol–water partition coefficient (Wildman–Crippen LogP) is -1.93. The van der Waals surface area contributed by atoms with E-state index in [1.807, 2.05) is 0 Å². The van der Waals surface area contributed by atoms with Gasteiger partial charge in [0, 0.05) is 25.9 Å². The molecule has 1 aliphatic heterocycles. The van der Waals surface area contributed by atoms with E-state index in [4.69, 9.17) is 28.0 Å². The molecule has 24 nitrogen and oxygen atoms in total. The van der Waals surface area contributed by atoms with Crippen LogP contribution in [-0.2, 0) is 56.0 Å². The average molecular weight is 1010 g/mol. The third kappa shape index (κ3) is 18.8. The number of guanidine groups is 1. The topological polar surface area (TPSA) is 406 Å². The Kier molecular flexibility index (Phi) is 23.8. The normalized spacial score (nSPS) is 16.5. The van der Waals surface area contributed by atoms with Gasteiger partial charge in [-0.25, -0.2) is 4.79 Å². The third-order valence-electron chi connectivity index (χ3n) is 12.2. The molecule has 1 saturated heterocycles. The van der Waals surface area contributed by atoms with E-state index in [1.165, 1.54) is 29.2 Å². The molecule has 72 heavy (non-hydrogen) atoms. The number of phenolic OH excluding ortho intramolecular Hbond substituents is 1. The van der Waals surface area contributed by atoms with Gasteiger partial charge in [0.2, 0.25) is 41.4 Å². The van der Waals surface area contributed by atoms with Crippen LogP contribution in [0, 0.1) is 11.8 Å².